The van der Waals surface area contributed by atoms with E-state index < -0.39 is 12.2 Å². The molecule has 5 unspecified atom stereocenters. The first-order chi connectivity index (χ1) is 6.04. The van der Waals surface area contributed by atoms with E-state index in [1.54, 1.807) is 6.92 Å². The highest BCUT2D eigenvalue weighted by molar-refractivity contribution is 4.86. The molecule has 0 aromatic carbocycles. The molecule has 1 fully saturated rings. The second-order valence-electron chi connectivity index (χ2n) is 3.39. The van der Waals surface area contributed by atoms with Crippen LogP contribution in [0.25, 0.3) is 0 Å². The van der Waals surface area contributed by atoms with Crippen LogP contribution in [0.1, 0.15) is 34.6 Å². The Labute approximate surface area is 80.7 Å². The Hall–Kier alpha value is -0.120. The van der Waals surface area contributed by atoms with Crippen LogP contribution in [0.3, 0.4) is 0 Å². The van der Waals surface area contributed by atoms with E-state index in [-0.39, 0.29) is 18.1 Å². The van der Waals surface area contributed by atoms with Crippen molar-refractivity contribution in [1.29, 1.82) is 0 Å². The first-order valence-corrected chi connectivity index (χ1v) is 5.05. The average molecular weight is 190 g/mol. The number of hydrogen-bond donors (Lipinski definition) is 2. The van der Waals surface area contributed by atoms with Crippen molar-refractivity contribution in [3.05, 3.63) is 0 Å². The van der Waals surface area contributed by atoms with Gasteiger partial charge in [-0.2, -0.15) is 0 Å². The standard InChI is InChI=1S/C8H16O3.C2H6/c1-4-5(2)11-6(3)8(10)7(4)9;1-2/h4-10H,1-3H3;1-2H3. The summed E-state index contributed by atoms with van der Waals surface area (Å²) in [6.45, 7) is 9.57. The molecule has 2 N–H and O–H groups in total. The highest BCUT2D eigenvalue weighted by atomic mass is 16.5. The smallest absolute Gasteiger partial charge is 0.106 e. The maximum atomic E-state index is 9.46. The molecule has 0 amide bonds. The third-order valence-corrected chi connectivity index (χ3v) is 2.54. The van der Waals surface area contributed by atoms with Gasteiger partial charge in [0.25, 0.3) is 0 Å². The summed E-state index contributed by atoms with van der Waals surface area (Å²) >= 11 is 0. The van der Waals surface area contributed by atoms with E-state index in [9.17, 15) is 10.2 Å². The molecular weight excluding hydrogens is 168 g/mol. The van der Waals surface area contributed by atoms with Crippen molar-refractivity contribution in [3.63, 3.8) is 0 Å². The molecule has 1 saturated heterocycles. The first-order valence-electron chi connectivity index (χ1n) is 5.05. The fraction of sp³-hybridized carbons (Fsp3) is 1.00. The molecule has 0 bridgehead atoms. The van der Waals surface area contributed by atoms with E-state index in [2.05, 4.69) is 0 Å². The van der Waals surface area contributed by atoms with Crippen LogP contribution in [0.2, 0.25) is 0 Å². The van der Waals surface area contributed by atoms with Crippen molar-refractivity contribution in [1.82, 2.24) is 0 Å². The molecule has 3 nitrogen and oxygen atoms in total. The van der Waals surface area contributed by atoms with Gasteiger partial charge in [-0.25, -0.2) is 0 Å². The van der Waals surface area contributed by atoms with Crippen molar-refractivity contribution >= 4 is 0 Å². The lowest BCUT2D eigenvalue weighted by Crippen LogP contribution is -2.51. The molecule has 1 aliphatic rings. The Morgan fingerprint density at radius 3 is 1.77 bits per heavy atom. The van der Waals surface area contributed by atoms with Gasteiger partial charge in [-0.3, -0.25) is 0 Å². The lowest BCUT2D eigenvalue weighted by molar-refractivity contribution is -0.184. The van der Waals surface area contributed by atoms with Crippen LogP contribution in [0.5, 0.6) is 0 Å². The van der Waals surface area contributed by atoms with Crippen LogP contribution in [0, 0.1) is 5.92 Å². The third kappa shape index (κ3) is 2.93. The SMILES string of the molecule is CC.CC1OC(C)C(O)C(O)C1C. The Morgan fingerprint density at radius 2 is 1.31 bits per heavy atom. The summed E-state index contributed by atoms with van der Waals surface area (Å²) in [5, 5.41) is 18.8. The largest absolute Gasteiger partial charge is 0.390 e. The van der Waals surface area contributed by atoms with Gasteiger partial charge in [-0.15, -0.1) is 0 Å². The molecule has 0 aliphatic carbocycles. The van der Waals surface area contributed by atoms with E-state index in [1.165, 1.54) is 0 Å². The molecule has 1 aliphatic heterocycles. The summed E-state index contributed by atoms with van der Waals surface area (Å²) in [4.78, 5) is 0. The van der Waals surface area contributed by atoms with Gasteiger partial charge < -0.3 is 14.9 Å². The molecule has 1 heterocycles. The molecule has 0 aromatic heterocycles. The number of rotatable bonds is 0. The summed E-state index contributed by atoms with van der Waals surface area (Å²) < 4.78 is 5.37. The highest BCUT2D eigenvalue weighted by Gasteiger charge is 2.37. The molecular formula is C10H22O3. The zero-order valence-electron chi connectivity index (χ0n) is 9.19. The molecule has 80 valence electrons. The van der Waals surface area contributed by atoms with Gasteiger partial charge >= 0.3 is 0 Å². The van der Waals surface area contributed by atoms with Crippen LogP contribution in [-0.2, 0) is 4.74 Å². The van der Waals surface area contributed by atoms with Crippen molar-refractivity contribution in [3.8, 4) is 0 Å². The van der Waals surface area contributed by atoms with Gasteiger partial charge in [0.2, 0.25) is 0 Å². The normalized spacial score (nSPS) is 45.0. The summed E-state index contributed by atoms with van der Waals surface area (Å²) in [6.07, 6.45) is -1.60. The first kappa shape index (κ1) is 12.9. The summed E-state index contributed by atoms with van der Waals surface area (Å²) in [6, 6.07) is 0. The molecule has 0 aromatic rings. The van der Waals surface area contributed by atoms with E-state index >= 15 is 0 Å². The molecule has 0 spiro atoms. The second-order valence-corrected chi connectivity index (χ2v) is 3.39. The Bertz CT molecular complexity index is 124. The van der Waals surface area contributed by atoms with Gasteiger partial charge in [0.1, 0.15) is 6.10 Å². The van der Waals surface area contributed by atoms with Gasteiger partial charge in [-0.1, -0.05) is 20.8 Å². The average Bonchev–Trinajstić information content (AvgIpc) is 2.15. The van der Waals surface area contributed by atoms with Crippen LogP contribution in [-0.4, -0.2) is 34.6 Å². The second kappa shape index (κ2) is 5.58. The van der Waals surface area contributed by atoms with Crippen molar-refractivity contribution in [2.45, 2.75) is 59.0 Å². The summed E-state index contributed by atoms with van der Waals surface area (Å²) in [7, 11) is 0. The van der Waals surface area contributed by atoms with Crippen LogP contribution in [0.15, 0.2) is 0 Å². The predicted molar refractivity (Wildman–Crippen MR) is 52.5 cm³/mol. The lowest BCUT2D eigenvalue weighted by atomic mass is 9.89. The quantitative estimate of drug-likeness (QED) is 0.603. The number of aliphatic hydroxyl groups excluding tert-OH is 2. The molecule has 13 heavy (non-hydrogen) atoms. The van der Waals surface area contributed by atoms with Gasteiger partial charge in [0.05, 0.1) is 18.3 Å². The Kier molecular flexibility index (Phi) is 5.53. The van der Waals surface area contributed by atoms with Crippen LogP contribution >= 0.6 is 0 Å². The van der Waals surface area contributed by atoms with Crippen molar-refractivity contribution < 1.29 is 14.9 Å². The van der Waals surface area contributed by atoms with Crippen molar-refractivity contribution in [2.24, 2.45) is 5.92 Å². The minimum absolute atomic E-state index is 0.0150. The fourth-order valence-corrected chi connectivity index (χ4v) is 1.41. The maximum absolute atomic E-state index is 9.46. The van der Waals surface area contributed by atoms with E-state index in [0.29, 0.717) is 0 Å². The van der Waals surface area contributed by atoms with Crippen molar-refractivity contribution in [2.75, 3.05) is 0 Å². The summed E-state index contributed by atoms with van der Waals surface area (Å²) in [5.74, 6) is 0.0150. The summed E-state index contributed by atoms with van der Waals surface area (Å²) in [5.41, 5.74) is 0. The van der Waals surface area contributed by atoms with E-state index in [4.69, 9.17) is 4.74 Å². The van der Waals surface area contributed by atoms with Crippen LogP contribution in [0.4, 0.5) is 0 Å². The monoisotopic (exact) mass is 190 g/mol. The van der Waals surface area contributed by atoms with Crippen LogP contribution < -0.4 is 0 Å². The Balaban J connectivity index is 0.000000671. The van der Waals surface area contributed by atoms with E-state index in [1.807, 2.05) is 27.7 Å². The third-order valence-electron chi connectivity index (χ3n) is 2.54. The predicted octanol–water partition coefficient (Wildman–Crippen LogP) is 1.18. The lowest BCUT2D eigenvalue weighted by Gasteiger charge is -2.38. The topological polar surface area (TPSA) is 49.7 Å². The molecule has 5 atom stereocenters. The molecule has 0 saturated carbocycles. The number of ether oxygens (including phenoxy) is 1. The van der Waals surface area contributed by atoms with Gasteiger partial charge in [-0.05, 0) is 13.8 Å². The Morgan fingerprint density at radius 1 is 0.846 bits per heavy atom. The minimum Gasteiger partial charge on any atom is -0.390 e. The molecule has 1 rings (SSSR count). The van der Waals surface area contributed by atoms with Gasteiger partial charge in [0, 0.05) is 5.92 Å². The zero-order valence-corrected chi connectivity index (χ0v) is 9.19. The van der Waals surface area contributed by atoms with Gasteiger partial charge in [0.15, 0.2) is 0 Å². The number of aliphatic hydroxyl groups is 2. The molecule has 3 heteroatoms. The zero-order chi connectivity index (χ0) is 10.6. The fourth-order valence-electron chi connectivity index (χ4n) is 1.41. The maximum Gasteiger partial charge on any atom is 0.106 e. The minimum atomic E-state index is -0.735. The van der Waals surface area contributed by atoms with E-state index in [0.717, 1.165) is 0 Å². The molecule has 0 radical (unpaired) electrons. The highest BCUT2D eigenvalue weighted by Crippen LogP contribution is 2.24. The number of hydrogen-bond acceptors (Lipinski definition) is 3.